The Morgan fingerprint density at radius 3 is 2.50 bits per heavy atom. The predicted molar refractivity (Wildman–Crippen MR) is 83.1 cm³/mol. The van der Waals surface area contributed by atoms with Gasteiger partial charge in [-0.3, -0.25) is 0 Å². The van der Waals surface area contributed by atoms with Crippen LogP contribution in [0.3, 0.4) is 0 Å². The van der Waals surface area contributed by atoms with E-state index in [1.807, 2.05) is 0 Å². The molecule has 1 unspecified atom stereocenters. The molecule has 96 valence electrons. The molecule has 0 bridgehead atoms. The molecule has 0 aliphatic carbocycles. The van der Waals surface area contributed by atoms with Crippen LogP contribution in [-0.4, -0.2) is 0 Å². The summed E-state index contributed by atoms with van der Waals surface area (Å²) in [6.07, 6.45) is 1.10. The molecule has 0 aliphatic rings. The van der Waals surface area contributed by atoms with Crippen LogP contribution in [-0.2, 0) is 13.0 Å². The van der Waals surface area contributed by atoms with E-state index in [0.717, 1.165) is 13.0 Å². The second-order valence-corrected chi connectivity index (χ2v) is 6.24. The Balaban J connectivity index is 1.94. The first kappa shape index (κ1) is 13.8. The molecule has 1 atom stereocenters. The monoisotopic (exact) mass is 323 g/mol. The molecule has 0 saturated carbocycles. The molecule has 3 heteroatoms. The van der Waals surface area contributed by atoms with Gasteiger partial charge >= 0.3 is 0 Å². The minimum Gasteiger partial charge on any atom is -0.305 e. The maximum atomic E-state index is 3.56. The second kappa shape index (κ2) is 6.50. The summed E-state index contributed by atoms with van der Waals surface area (Å²) < 4.78 is 1.20. The molecule has 1 aromatic carbocycles. The lowest BCUT2D eigenvalue weighted by Gasteiger charge is -2.14. The van der Waals surface area contributed by atoms with Crippen LogP contribution in [0.5, 0.6) is 0 Å². The van der Waals surface area contributed by atoms with Gasteiger partial charge in [0.1, 0.15) is 0 Å². The second-order valence-electron chi connectivity index (χ2n) is 4.39. The average Bonchev–Trinajstić information content (AvgIpc) is 2.81. The van der Waals surface area contributed by atoms with Crippen LogP contribution in [0.25, 0.3) is 0 Å². The fourth-order valence-electron chi connectivity index (χ4n) is 1.86. The summed E-state index contributed by atoms with van der Waals surface area (Å²) in [5.41, 5.74) is 2.74. The van der Waals surface area contributed by atoms with Gasteiger partial charge in [0.2, 0.25) is 0 Å². The number of benzene rings is 1. The fourth-order valence-corrected chi connectivity index (χ4v) is 3.30. The van der Waals surface area contributed by atoms with Gasteiger partial charge in [-0.15, -0.1) is 11.3 Å². The zero-order valence-corrected chi connectivity index (χ0v) is 13.1. The molecule has 0 spiro atoms. The molecule has 0 aliphatic heterocycles. The van der Waals surface area contributed by atoms with Gasteiger partial charge in [0.15, 0.2) is 0 Å². The lowest BCUT2D eigenvalue weighted by Crippen LogP contribution is -2.17. The number of hydrogen-bond donors (Lipinski definition) is 1. The molecular formula is C15H18BrNS. The lowest BCUT2D eigenvalue weighted by molar-refractivity contribution is 0.578. The van der Waals surface area contributed by atoms with Crippen molar-refractivity contribution in [2.75, 3.05) is 0 Å². The third-order valence-electron chi connectivity index (χ3n) is 3.15. The van der Waals surface area contributed by atoms with Crippen molar-refractivity contribution in [2.24, 2.45) is 0 Å². The zero-order chi connectivity index (χ0) is 13.0. The van der Waals surface area contributed by atoms with E-state index in [1.54, 1.807) is 11.3 Å². The smallest absolute Gasteiger partial charge is 0.0327 e. The Hall–Kier alpha value is -0.640. The highest BCUT2D eigenvalue weighted by Gasteiger charge is 2.06. The number of nitrogens with one attached hydrogen (secondary N) is 1. The van der Waals surface area contributed by atoms with Crippen molar-refractivity contribution in [2.45, 2.75) is 32.9 Å². The Morgan fingerprint density at radius 1 is 1.22 bits per heavy atom. The van der Waals surface area contributed by atoms with E-state index in [4.69, 9.17) is 0 Å². The van der Waals surface area contributed by atoms with Crippen LogP contribution >= 0.6 is 27.3 Å². The maximum absolute atomic E-state index is 3.56. The van der Waals surface area contributed by atoms with Crippen LogP contribution in [0.2, 0.25) is 0 Å². The minimum atomic E-state index is 0.380. The quantitative estimate of drug-likeness (QED) is 0.823. The first-order valence-corrected chi connectivity index (χ1v) is 7.92. The molecular weight excluding hydrogens is 306 g/mol. The van der Waals surface area contributed by atoms with Gasteiger partial charge < -0.3 is 5.32 Å². The molecule has 1 heterocycles. The van der Waals surface area contributed by atoms with Gasteiger partial charge in [0, 0.05) is 21.9 Å². The Bertz CT molecular complexity index is 489. The van der Waals surface area contributed by atoms with Gasteiger partial charge in [0.05, 0.1) is 0 Å². The van der Waals surface area contributed by atoms with Crippen molar-refractivity contribution in [1.82, 2.24) is 5.32 Å². The van der Waals surface area contributed by atoms with E-state index in [1.165, 1.54) is 20.5 Å². The number of aryl methyl sites for hydroxylation is 1. The molecule has 0 radical (unpaired) electrons. The maximum Gasteiger partial charge on any atom is 0.0327 e. The molecule has 1 N–H and O–H groups in total. The summed E-state index contributed by atoms with van der Waals surface area (Å²) in [7, 11) is 0. The van der Waals surface area contributed by atoms with E-state index in [9.17, 15) is 0 Å². The van der Waals surface area contributed by atoms with E-state index < -0.39 is 0 Å². The van der Waals surface area contributed by atoms with Crippen LogP contribution < -0.4 is 5.32 Å². The predicted octanol–water partition coefficient (Wildman–Crippen LogP) is 4.92. The summed E-state index contributed by atoms with van der Waals surface area (Å²) in [4.78, 5) is 1.35. The van der Waals surface area contributed by atoms with Crippen molar-refractivity contribution < 1.29 is 0 Å². The van der Waals surface area contributed by atoms with Crippen LogP contribution in [0, 0.1) is 0 Å². The molecule has 0 fully saturated rings. The number of halogens is 1. The lowest BCUT2D eigenvalue weighted by atomic mass is 10.1. The van der Waals surface area contributed by atoms with E-state index in [-0.39, 0.29) is 0 Å². The topological polar surface area (TPSA) is 12.0 Å². The average molecular weight is 324 g/mol. The highest BCUT2D eigenvalue weighted by Crippen LogP contribution is 2.23. The Labute approximate surface area is 121 Å². The van der Waals surface area contributed by atoms with Gasteiger partial charge in [-0.2, -0.15) is 0 Å². The van der Waals surface area contributed by atoms with Crippen molar-refractivity contribution in [3.05, 3.63) is 56.2 Å². The molecule has 18 heavy (non-hydrogen) atoms. The summed E-state index contributed by atoms with van der Waals surface area (Å²) >= 11 is 5.35. The zero-order valence-electron chi connectivity index (χ0n) is 10.7. The summed E-state index contributed by atoms with van der Waals surface area (Å²) in [6.45, 7) is 5.31. The van der Waals surface area contributed by atoms with E-state index in [0.29, 0.717) is 6.04 Å². The SMILES string of the molecule is CCc1ccc(C(C)NCc2sccc2Br)cc1. The largest absolute Gasteiger partial charge is 0.305 e. The van der Waals surface area contributed by atoms with Crippen molar-refractivity contribution in [1.29, 1.82) is 0 Å². The highest BCUT2D eigenvalue weighted by atomic mass is 79.9. The Kier molecular flexibility index (Phi) is 4.98. The van der Waals surface area contributed by atoms with Crippen molar-refractivity contribution in [3.8, 4) is 0 Å². The number of thiophene rings is 1. The fraction of sp³-hybridized carbons (Fsp3) is 0.333. The van der Waals surface area contributed by atoms with Gasteiger partial charge in [-0.1, -0.05) is 31.2 Å². The van der Waals surface area contributed by atoms with Gasteiger partial charge in [-0.05, 0) is 51.8 Å². The highest BCUT2D eigenvalue weighted by molar-refractivity contribution is 9.10. The van der Waals surface area contributed by atoms with Crippen LogP contribution in [0.1, 0.15) is 35.9 Å². The molecule has 1 aromatic heterocycles. The van der Waals surface area contributed by atoms with Crippen molar-refractivity contribution in [3.63, 3.8) is 0 Å². The Morgan fingerprint density at radius 2 is 1.94 bits per heavy atom. The molecule has 0 saturated heterocycles. The third-order valence-corrected chi connectivity index (χ3v) is 5.07. The summed E-state index contributed by atoms with van der Waals surface area (Å²) in [6, 6.07) is 11.4. The normalized spacial score (nSPS) is 12.6. The van der Waals surface area contributed by atoms with E-state index in [2.05, 4.69) is 70.8 Å². The summed E-state index contributed by atoms with van der Waals surface area (Å²) in [5.74, 6) is 0. The summed E-state index contributed by atoms with van der Waals surface area (Å²) in [5, 5.41) is 5.67. The first-order chi connectivity index (χ1) is 8.70. The minimum absolute atomic E-state index is 0.380. The van der Waals surface area contributed by atoms with Crippen LogP contribution in [0.4, 0.5) is 0 Å². The van der Waals surface area contributed by atoms with Gasteiger partial charge in [0.25, 0.3) is 0 Å². The van der Waals surface area contributed by atoms with E-state index >= 15 is 0 Å². The third kappa shape index (κ3) is 3.44. The molecule has 2 aromatic rings. The molecule has 2 rings (SSSR count). The first-order valence-electron chi connectivity index (χ1n) is 6.24. The van der Waals surface area contributed by atoms with Gasteiger partial charge in [-0.25, -0.2) is 0 Å². The standard InChI is InChI=1S/C15H18BrNS/c1-3-12-4-6-13(7-5-12)11(2)17-10-15-14(16)8-9-18-15/h4-9,11,17H,3,10H2,1-2H3. The number of hydrogen-bond acceptors (Lipinski definition) is 2. The number of rotatable bonds is 5. The molecule has 0 amide bonds. The van der Waals surface area contributed by atoms with Crippen molar-refractivity contribution >= 4 is 27.3 Å². The molecule has 1 nitrogen and oxygen atoms in total. The van der Waals surface area contributed by atoms with Crippen LogP contribution in [0.15, 0.2) is 40.2 Å².